The lowest BCUT2D eigenvalue weighted by Gasteiger charge is -2.25. The minimum atomic E-state index is -0.227. The number of rotatable bonds is 12. The quantitative estimate of drug-likeness (QED) is 0.587. The van der Waals surface area contributed by atoms with E-state index in [9.17, 15) is 0 Å². The molecule has 1 rings (SSSR count). The Morgan fingerprint density at radius 1 is 0.958 bits per heavy atom. The van der Waals surface area contributed by atoms with E-state index in [4.69, 9.17) is 18.9 Å². The van der Waals surface area contributed by atoms with Crippen LogP contribution < -0.4 is 14.8 Å². The first kappa shape index (κ1) is 20.7. The van der Waals surface area contributed by atoms with Crippen LogP contribution in [0.15, 0.2) is 18.2 Å². The molecular formula is C19H33NO4. The smallest absolute Gasteiger partial charge is 0.169 e. The average Bonchev–Trinajstić information content (AvgIpc) is 2.57. The monoisotopic (exact) mass is 339 g/mol. The normalized spacial score (nSPS) is 12.7. The summed E-state index contributed by atoms with van der Waals surface area (Å²) in [5.74, 6) is 2.05. The van der Waals surface area contributed by atoms with E-state index in [-0.39, 0.29) is 12.3 Å². The Morgan fingerprint density at radius 2 is 1.58 bits per heavy atom. The molecule has 138 valence electrons. The Labute approximate surface area is 146 Å². The van der Waals surface area contributed by atoms with Crippen LogP contribution in [-0.2, 0) is 9.47 Å². The van der Waals surface area contributed by atoms with E-state index in [1.165, 1.54) is 5.56 Å². The molecular weight excluding hydrogens is 306 g/mol. The van der Waals surface area contributed by atoms with Gasteiger partial charge in [0.05, 0.1) is 14.2 Å². The van der Waals surface area contributed by atoms with Crippen LogP contribution in [0.25, 0.3) is 0 Å². The molecule has 24 heavy (non-hydrogen) atoms. The van der Waals surface area contributed by atoms with E-state index in [0.717, 1.165) is 17.9 Å². The molecule has 0 spiro atoms. The summed E-state index contributed by atoms with van der Waals surface area (Å²) in [6.45, 7) is 10.3. The second-order valence-electron chi connectivity index (χ2n) is 6.05. The molecule has 0 bridgehead atoms. The number of hydrogen-bond acceptors (Lipinski definition) is 5. The lowest BCUT2D eigenvalue weighted by atomic mass is 9.96. The van der Waals surface area contributed by atoms with Crippen LogP contribution in [0.3, 0.4) is 0 Å². The summed E-state index contributed by atoms with van der Waals surface area (Å²) >= 11 is 0. The molecule has 0 amide bonds. The second kappa shape index (κ2) is 11.3. The van der Waals surface area contributed by atoms with Gasteiger partial charge < -0.3 is 24.3 Å². The fraction of sp³-hybridized carbons (Fsp3) is 0.684. The van der Waals surface area contributed by atoms with Gasteiger partial charge in [-0.3, -0.25) is 0 Å². The average molecular weight is 339 g/mol. The SMILES string of the molecule is CCOC(CN[C@H](CC(C)C)c1ccc(OC)c(OC)c1)OCC. The first-order chi connectivity index (χ1) is 11.5. The van der Waals surface area contributed by atoms with Gasteiger partial charge in [-0.05, 0) is 43.9 Å². The molecule has 0 radical (unpaired) electrons. The van der Waals surface area contributed by atoms with Gasteiger partial charge in [-0.1, -0.05) is 19.9 Å². The van der Waals surface area contributed by atoms with Crippen LogP contribution in [0.4, 0.5) is 0 Å². The Hall–Kier alpha value is -1.30. The molecule has 1 aromatic carbocycles. The van der Waals surface area contributed by atoms with Crippen molar-refractivity contribution < 1.29 is 18.9 Å². The topological polar surface area (TPSA) is 49.0 Å². The number of hydrogen-bond donors (Lipinski definition) is 1. The zero-order valence-electron chi connectivity index (χ0n) is 15.9. The van der Waals surface area contributed by atoms with Gasteiger partial charge in [-0.25, -0.2) is 0 Å². The van der Waals surface area contributed by atoms with Crippen LogP contribution >= 0.6 is 0 Å². The van der Waals surface area contributed by atoms with Crippen molar-refractivity contribution in [2.45, 2.75) is 46.4 Å². The van der Waals surface area contributed by atoms with Gasteiger partial charge in [-0.2, -0.15) is 0 Å². The first-order valence-electron chi connectivity index (χ1n) is 8.74. The fourth-order valence-electron chi connectivity index (χ4n) is 2.65. The highest BCUT2D eigenvalue weighted by molar-refractivity contribution is 5.43. The predicted molar refractivity (Wildman–Crippen MR) is 96.8 cm³/mol. The third kappa shape index (κ3) is 6.67. The Morgan fingerprint density at radius 3 is 2.08 bits per heavy atom. The van der Waals surface area contributed by atoms with E-state index in [1.807, 2.05) is 26.0 Å². The fourth-order valence-corrected chi connectivity index (χ4v) is 2.65. The van der Waals surface area contributed by atoms with Gasteiger partial charge in [0.2, 0.25) is 0 Å². The Kier molecular flexibility index (Phi) is 9.76. The van der Waals surface area contributed by atoms with Crippen LogP contribution in [-0.4, -0.2) is 40.3 Å². The molecule has 0 unspecified atom stereocenters. The third-order valence-corrected chi connectivity index (χ3v) is 3.75. The number of methoxy groups -OCH3 is 2. The zero-order valence-corrected chi connectivity index (χ0v) is 15.9. The number of benzene rings is 1. The lowest BCUT2D eigenvalue weighted by molar-refractivity contribution is -0.134. The molecule has 0 aliphatic rings. The molecule has 1 aromatic rings. The van der Waals surface area contributed by atoms with E-state index in [2.05, 4.69) is 25.2 Å². The van der Waals surface area contributed by atoms with Crippen LogP contribution in [0, 0.1) is 5.92 Å². The molecule has 0 aromatic heterocycles. The van der Waals surface area contributed by atoms with Gasteiger partial charge in [-0.15, -0.1) is 0 Å². The molecule has 1 atom stereocenters. The Balaban J connectivity index is 2.88. The summed E-state index contributed by atoms with van der Waals surface area (Å²) in [5, 5.41) is 3.58. The van der Waals surface area contributed by atoms with Gasteiger partial charge in [0.25, 0.3) is 0 Å². The summed E-state index contributed by atoms with van der Waals surface area (Å²) < 4.78 is 22.0. The van der Waals surface area contributed by atoms with Crippen molar-refractivity contribution >= 4 is 0 Å². The van der Waals surface area contributed by atoms with Gasteiger partial charge in [0.1, 0.15) is 0 Å². The summed E-state index contributed by atoms with van der Waals surface area (Å²) in [6, 6.07) is 6.27. The molecule has 0 fully saturated rings. The van der Waals surface area contributed by atoms with Crippen LogP contribution in [0.5, 0.6) is 11.5 Å². The summed E-state index contributed by atoms with van der Waals surface area (Å²) in [6.07, 6.45) is 0.787. The number of nitrogens with one attached hydrogen (secondary N) is 1. The highest BCUT2D eigenvalue weighted by Crippen LogP contribution is 2.32. The van der Waals surface area contributed by atoms with Crippen LogP contribution in [0.1, 0.15) is 45.7 Å². The van der Waals surface area contributed by atoms with E-state index in [0.29, 0.717) is 25.7 Å². The zero-order chi connectivity index (χ0) is 17.9. The molecule has 1 N–H and O–H groups in total. The van der Waals surface area contributed by atoms with E-state index < -0.39 is 0 Å². The van der Waals surface area contributed by atoms with Gasteiger partial charge >= 0.3 is 0 Å². The summed E-state index contributed by atoms with van der Waals surface area (Å²) in [7, 11) is 3.31. The number of ether oxygens (including phenoxy) is 4. The molecule has 0 saturated carbocycles. The maximum Gasteiger partial charge on any atom is 0.169 e. The molecule has 0 aliphatic carbocycles. The Bertz CT molecular complexity index is 459. The van der Waals surface area contributed by atoms with E-state index in [1.54, 1.807) is 14.2 Å². The van der Waals surface area contributed by atoms with Crippen molar-refractivity contribution in [3.63, 3.8) is 0 Å². The minimum absolute atomic E-state index is 0.202. The van der Waals surface area contributed by atoms with Crippen molar-refractivity contribution in [1.82, 2.24) is 5.32 Å². The molecule has 0 heterocycles. The van der Waals surface area contributed by atoms with Crippen molar-refractivity contribution in [3.05, 3.63) is 23.8 Å². The van der Waals surface area contributed by atoms with Crippen molar-refractivity contribution in [3.8, 4) is 11.5 Å². The van der Waals surface area contributed by atoms with Crippen molar-refractivity contribution in [2.75, 3.05) is 34.0 Å². The maximum absolute atomic E-state index is 5.63. The maximum atomic E-state index is 5.63. The van der Waals surface area contributed by atoms with Gasteiger partial charge in [0, 0.05) is 25.8 Å². The lowest BCUT2D eigenvalue weighted by Crippen LogP contribution is -2.34. The van der Waals surface area contributed by atoms with Crippen molar-refractivity contribution in [2.24, 2.45) is 5.92 Å². The summed E-state index contributed by atoms with van der Waals surface area (Å²) in [5.41, 5.74) is 1.17. The molecule has 0 aliphatic heterocycles. The second-order valence-corrected chi connectivity index (χ2v) is 6.05. The first-order valence-corrected chi connectivity index (χ1v) is 8.74. The van der Waals surface area contributed by atoms with Crippen molar-refractivity contribution in [1.29, 1.82) is 0 Å². The largest absolute Gasteiger partial charge is 0.493 e. The standard InChI is InChI=1S/C19H33NO4/c1-7-23-19(24-8-2)13-20-16(11-14(3)4)15-9-10-17(21-5)18(12-15)22-6/h9-10,12,14,16,19-20H,7-8,11,13H2,1-6H3/t16-/m1/s1. The molecule has 5 heteroatoms. The minimum Gasteiger partial charge on any atom is -0.493 e. The highest BCUT2D eigenvalue weighted by atomic mass is 16.7. The highest BCUT2D eigenvalue weighted by Gasteiger charge is 2.18. The molecule has 5 nitrogen and oxygen atoms in total. The molecule has 0 saturated heterocycles. The van der Waals surface area contributed by atoms with E-state index >= 15 is 0 Å². The van der Waals surface area contributed by atoms with Gasteiger partial charge in [0.15, 0.2) is 17.8 Å². The summed E-state index contributed by atoms with van der Waals surface area (Å²) in [4.78, 5) is 0. The van der Waals surface area contributed by atoms with Crippen LogP contribution in [0.2, 0.25) is 0 Å². The third-order valence-electron chi connectivity index (χ3n) is 3.75. The predicted octanol–water partition coefficient (Wildman–Crippen LogP) is 3.78.